The van der Waals surface area contributed by atoms with Crippen LogP contribution in [0.1, 0.15) is 0 Å². The van der Waals surface area contributed by atoms with Crippen LogP contribution in [-0.2, 0) is 9.84 Å². The summed E-state index contributed by atoms with van der Waals surface area (Å²) >= 11 is 2.00. The lowest BCUT2D eigenvalue weighted by Crippen LogP contribution is -1.92. The Hall–Kier alpha value is -1.58. The molecule has 1 aromatic heterocycles. The number of hydrogen-bond donors (Lipinski definition) is 0. The number of nitro groups is 1. The quantitative estimate of drug-likeness (QED) is 0.611. The van der Waals surface area contributed by atoms with E-state index >= 15 is 0 Å². The van der Waals surface area contributed by atoms with Crippen LogP contribution in [0.4, 0.5) is 5.69 Å². The van der Waals surface area contributed by atoms with Crippen LogP contribution in [0.25, 0.3) is 0 Å². The summed E-state index contributed by atoms with van der Waals surface area (Å²) in [6.07, 6.45) is 1.03. The Morgan fingerprint density at radius 1 is 1.33 bits per heavy atom. The average Bonchev–Trinajstić information content (AvgIpc) is 2.83. The maximum Gasteiger partial charge on any atom is 0.295 e. The van der Waals surface area contributed by atoms with Crippen molar-refractivity contribution in [1.82, 2.24) is 0 Å². The summed E-state index contributed by atoms with van der Waals surface area (Å²) < 4.78 is 28.6. The number of hydrogen-bond acceptors (Lipinski definition) is 7. The molecule has 0 unspecified atom stereocenters. The van der Waals surface area contributed by atoms with Gasteiger partial charge in [0.2, 0.25) is 0 Å². The molecule has 0 amide bonds. The van der Waals surface area contributed by atoms with Gasteiger partial charge in [-0.25, -0.2) is 8.42 Å². The topological polar surface area (TPSA) is 86.5 Å². The van der Waals surface area contributed by atoms with Crippen molar-refractivity contribution in [3.05, 3.63) is 40.4 Å². The molecule has 2 aromatic rings. The van der Waals surface area contributed by atoms with Crippen molar-refractivity contribution >= 4 is 38.6 Å². The predicted octanol–water partition coefficient (Wildman–Crippen LogP) is 3.22. The summed E-state index contributed by atoms with van der Waals surface area (Å²) in [7, 11) is -1.97. The Morgan fingerprint density at radius 3 is 2.57 bits per heavy atom. The predicted molar refractivity (Wildman–Crippen MR) is 81.2 cm³/mol. The molecule has 0 fully saturated rings. The van der Waals surface area contributed by atoms with E-state index in [1.165, 1.54) is 7.11 Å². The zero-order valence-electron chi connectivity index (χ0n) is 11.1. The van der Waals surface area contributed by atoms with E-state index in [2.05, 4.69) is 0 Å². The third-order valence-corrected chi connectivity index (χ3v) is 6.66. The van der Waals surface area contributed by atoms with Crippen LogP contribution in [-0.4, -0.2) is 26.7 Å². The smallest absolute Gasteiger partial charge is 0.295 e. The van der Waals surface area contributed by atoms with Gasteiger partial charge in [0, 0.05) is 12.3 Å². The second kappa shape index (κ2) is 6.04. The highest BCUT2D eigenvalue weighted by Gasteiger charge is 2.25. The Labute approximate surface area is 129 Å². The second-order valence-electron chi connectivity index (χ2n) is 4.02. The molecule has 2 rings (SSSR count). The lowest BCUT2D eigenvalue weighted by Gasteiger charge is -2.05. The number of benzene rings is 1. The first-order valence-corrected chi connectivity index (χ1v) is 9.14. The van der Waals surface area contributed by atoms with Crippen LogP contribution in [0.3, 0.4) is 0 Å². The van der Waals surface area contributed by atoms with Crippen LogP contribution in [0, 0.1) is 10.1 Å². The van der Waals surface area contributed by atoms with Crippen LogP contribution in [0.2, 0.25) is 0 Å². The molecule has 0 saturated carbocycles. The van der Waals surface area contributed by atoms with Crippen molar-refractivity contribution < 1.29 is 18.1 Å². The molecule has 0 aliphatic carbocycles. The first-order chi connectivity index (χ1) is 9.82. The van der Waals surface area contributed by atoms with E-state index in [1.54, 1.807) is 24.3 Å². The van der Waals surface area contributed by atoms with Crippen molar-refractivity contribution in [3.63, 3.8) is 0 Å². The molecule has 0 aliphatic rings. The summed E-state index contributed by atoms with van der Waals surface area (Å²) in [5.41, 5.74) is -0.212. The number of thiophene rings is 1. The highest BCUT2D eigenvalue weighted by Crippen LogP contribution is 2.45. The van der Waals surface area contributed by atoms with Gasteiger partial charge in [-0.15, -0.1) is 11.3 Å². The molecule has 0 bridgehead atoms. The van der Waals surface area contributed by atoms with Crippen molar-refractivity contribution in [3.8, 4) is 5.75 Å². The highest BCUT2D eigenvalue weighted by atomic mass is 32.2. The average molecular weight is 345 g/mol. The molecule has 0 saturated heterocycles. The molecule has 112 valence electrons. The van der Waals surface area contributed by atoms with E-state index in [1.807, 2.05) is 0 Å². The minimum absolute atomic E-state index is 0.0217. The Balaban J connectivity index is 2.48. The van der Waals surface area contributed by atoms with Crippen LogP contribution in [0.5, 0.6) is 5.75 Å². The largest absolute Gasteiger partial charge is 0.496 e. The first kappa shape index (κ1) is 15.8. The van der Waals surface area contributed by atoms with Gasteiger partial charge in [0.1, 0.15) is 14.2 Å². The number of sulfone groups is 1. The number of nitrogens with zero attached hydrogens (tertiary/aromatic N) is 1. The maximum absolute atomic E-state index is 11.6. The summed E-state index contributed by atoms with van der Waals surface area (Å²) in [5.74, 6) is 0.575. The fourth-order valence-corrected chi connectivity index (χ4v) is 5.00. The minimum atomic E-state index is -3.48. The number of ether oxygens (including phenoxy) is 1. The third kappa shape index (κ3) is 3.55. The highest BCUT2D eigenvalue weighted by molar-refractivity contribution is 8.02. The van der Waals surface area contributed by atoms with E-state index in [-0.39, 0.29) is 9.90 Å². The van der Waals surface area contributed by atoms with E-state index in [9.17, 15) is 18.5 Å². The lowest BCUT2D eigenvalue weighted by atomic mass is 10.3. The standard InChI is InChI=1S/C12H11NO5S3/c1-18-9-5-3-4-6-10(9)19-12-8(13(14)15)7-11(20-12)21(2,16)17/h3-7H,1-2H3. The molecular weight excluding hydrogens is 334 g/mol. The van der Waals surface area contributed by atoms with E-state index in [0.29, 0.717) is 14.9 Å². The molecule has 1 aromatic carbocycles. The Bertz CT molecular complexity index is 782. The van der Waals surface area contributed by atoms with Gasteiger partial charge >= 0.3 is 0 Å². The normalized spacial score (nSPS) is 11.3. The number of rotatable bonds is 5. The van der Waals surface area contributed by atoms with Gasteiger partial charge in [-0.1, -0.05) is 23.9 Å². The minimum Gasteiger partial charge on any atom is -0.496 e. The van der Waals surface area contributed by atoms with Gasteiger partial charge in [-0.2, -0.15) is 0 Å². The first-order valence-electron chi connectivity index (χ1n) is 5.62. The summed E-state index contributed by atoms with van der Waals surface area (Å²) in [6, 6.07) is 8.15. The number of para-hydroxylation sites is 1. The molecule has 0 N–H and O–H groups in total. The van der Waals surface area contributed by atoms with Gasteiger partial charge in [-0.05, 0) is 12.1 Å². The van der Waals surface area contributed by atoms with Crippen molar-refractivity contribution in [2.45, 2.75) is 13.3 Å². The lowest BCUT2D eigenvalue weighted by molar-refractivity contribution is -0.387. The number of methoxy groups -OCH3 is 1. The Morgan fingerprint density at radius 2 is 2.00 bits per heavy atom. The van der Waals surface area contributed by atoms with Crippen molar-refractivity contribution in [2.24, 2.45) is 0 Å². The molecule has 0 radical (unpaired) electrons. The van der Waals surface area contributed by atoms with Crippen molar-refractivity contribution in [2.75, 3.05) is 13.4 Å². The van der Waals surface area contributed by atoms with Gasteiger partial charge in [0.25, 0.3) is 5.69 Å². The van der Waals surface area contributed by atoms with E-state index < -0.39 is 14.8 Å². The fourth-order valence-electron chi connectivity index (χ4n) is 1.53. The zero-order valence-corrected chi connectivity index (χ0v) is 13.5. The second-order valence-corrected chi connectivity index (χ2v) is 8.63. The molecule has 0 spiro atoms. The summed E-state index contributed by atoms with van der Waals surface area (Å²) in [5, 5.41) is 11.1. The zero-order chi connectivity index (χ0) is 15.6. The SMILES string of the molecule is COc1ccccc1Sc1sc(S(C)(=O)=O)cc1[N+](=O)[O-]. The molecule has 9 heteroatoms. The van der Waals surface area contributed by atoms with Gasteiger partial charge < -0.3 is 4.74 Å². The van der Waals surface area contributed by atoms with Gasteiger partial charge in [0.15, 0.2) is 9.84 Å². The molecule has 6 nitrogen and oxygen atoms in total. The molecule has 21 heavy (non-hydrogen) atoms. The maximum atomic E-state index is 11.6. The fraction of sp³-hybridized carbons (Fsp3) is 0.167. The summed E-state index contributed by atoms with van der Waals surface area (Å²) in [4.78, 5) is 11.2. The monoisotopic (exact) mass is 345 g/mol. The van der Waals surface area contributed by atoms with Gasteiger partial charge in [-0.3, -0.25) is 10.1 Å². The Kier molecular flexibility index (Phi) is 4.55. The summed E-state index contributed by atoms with van der Waals surface area (Å²) in [6.45, 7) is 0. The molecule has 0 atom stereocenters. The molecular formula is C12H11NO5S3. The van der Waals surface area contributed by atoms with Crippen LogP contribution >= 0.6 is 23.1 Å². The van der Waals surface area contributed by atoms with E-state index in [4.69, 9.17) is 4.74 Å². The molecule has 1 heterocycles. The van der Waals surface area contributed by atoms with E-state index in [0.717, 1.165) is 35.4 Å². The van der Waals surface area contributed by atoms with Crippen molar-refractivity contribution in [1.29, 1.82) is 0 Å². The van der Waals surface area contributed by atoms with Crippen LogP contribution in [0.15, 0.2) is 43.6 Å². The van der Waals surface area contributed by atoms with Gasteiger partial charge in [0.05, 0.1) is 16.9 Å². The third-order valence-electron chi connectivity index (χ3n) is 2.49. The van der Waals surface area contributed by atoms with Crippen LogP contribution < -0.4 is 4.74 Å². The molecule has 0 aliphatic heterocycles.